The highest BCUT2D eigenvalue weighted by Gasteiger charge is 2.25. The van der Waals surface area contributed by atoms with E-state index in [1.54, 1.807) is 13.1 Å². The van der Waals surface area contributed by atoms with Gasteiger partial charge in [-0.3, -0.25) is 9.47 Å². The molecule has 1 unspecified atom stereocenters. The fourth-order valence-electron chi connectivity index (χ4n) is 3.78. The Morgan fingerprint density at radius 3 is 2.63 bits per heavy atom. The fraction of sp³-hybridized carbons (Fsp3) is 0.381. The lowest BCUT2D eigenvalue weighted by molar-refractivity contribution is 0.0172. The van der Waals surface area contributed by atoms with E-state index in [-0.39, 0.29) is 23.1 Å². The normalized spacial score (nSPS) is 16.7. The highest BCUT2D eigenvalue weighted by molar-refractivity contribution is 7.89. The molecule has 1 saturated heterocycles. The van der Waals surface area contributed by atoms with E-state index in [4.69, 9.17) is 9.15 Å². The van der Waals surface area contributed by atoms with Gasteiger partial charge in [0.15, 0.2) is 5.58 Å². The van der Waals surface area contributed by atoms with Crippen LogP contribution in [0.3, 0.4) is 0 Å². The van der Waals surface area contributed by atoms with Crippen LogP contribution in [0, 0.1) is 6.92 Å². The number of hydrogen-bond donors (Lipinski definition) is 1. The van der Waals surface area contributed by atoms with Crippen molar-refractivity contribution >= 4 is 21.1 Å². The summed E-state index contributed by atoms with van der Waals surface area (Å²) in [6.45, 7) is 4.97. The van der Waals surface area contributed by atoms with E-state index < -0.39 is 15.8 Å². The van der Waals surface area contributed by atoms with Crippen molar-refractivity contribution in [3.63, 3.8) is 0 Å². The Hall–Kier alpha value is -2.46. The van der Waals surface area contributed by atoms with Crippen LogP contribution >= 0.6 is 0 Å². The molecule has 3 aromatic rings. The van der Waals surface area contributed by atoms with E-state index >= 15 is 0 Å². The maximum absolute atomic E-state index is 13.0. The molecular formula is C21H25N3O5S. The van der Waals surface area contributed by atoms with Crippen LogP contribution in [0.4, 0.5) is 0 Å². The van der Waals surface area contributed by atoms with Crippen LogP contribution in [0.1, 0.15) is 17.2 Å². The van der Waals surface area contributed by atoms with E-state index in [1.165, 1.54) is 16.7 Å². The van der Waals surface area contributed by atoms with Crippen LogP contribution < -0.4 is 10.5 Å². The van der Waals surface area contributed by atoms with Crippen molar-refractivity contribution in [1.29, 1.82) is 0 Å². The lowest BCUT2D eigenvalue weighted by Crippen LogP contribution is -2.43. The van der Waals surface area contributed by atoms with Crippen molar-refractivity contribution in [2.45, 2.75) is 17.9 Å². The Morgan fingerprint density at radius 2 is 1.90 bits per heavy atom. The third-order valence-electron chi connectivity index (χ3n) is 5.45. The van der Waals surface area contributed by atoms with Gasteiger partial charge in [-0.25, -0.2) is 17.9 Å². The molecule has 9 heteroatoms. The molecule has 0 amide bonds. The van der Waals surface area contributed by atoms with Crippen molar-refractivity contribution in [2.24, 2.45) is 7.05 Å². The van der Waals surface area contributed by atoms with Crippen molar-refractivity contribution in [2.75, 3.05) is 32.8 Å². The molecule has 0 spiro atoms. The number of rotatable bonds is 6. The predicted molar refractivity (Wildman–Crippen MR) is 113 cm³/mol. The monoisotopic (exact) mass is 431 g/mol. The zero-order valence-corrected chi connectivity index (χ0v) is 17.8. The predicted octanol–water partition coefficient (Wildman–Crippen LogP) is 1.79. The first-order chi connectivity index (χ1) is 14.3. The number of morpholine rings is 1. The molecule has 0 aliphatic carbocycles. The summed E-state index contributed by atoms with van der Waals surface area (Å²) in [4.78, 5) is 14.0. The number of nitrogens with zero attached hydrogens (tertiary/aromatic N) is 2. The van der Waals surface area contributed by atoms with Gasteiger partial charge in [-0.15, -0.1) is 0 Å². The summed E-state index contributed by atoms with van der Waals surface area (Å²) in [5, 5.41) is 0. The first kappa shape index (κ1) is 20.8. The molecular weight excluding hydrogens is 406 g/mol. The number of hydrogen-bond acceptors (Lipinski definition) is 6. The first-order valence-electron chi connectivity index (χ1n) is 9.83. The number of aryl methyl sites for hydroxylation is 2. The van der Waals surface area contributed by atoms with Gasteiger partial charge in [-0.1, -0.05) is 29.8 Å². The van der Waals surface area contributed by atoms with Crippen molar-refractivity contribution in [3.8, 4) is 0 Å². The molecule has 2 heterocycles. The summed E-state index contributed by atoms with van der Waals surface area (Å²) in [7, 11) is -2.21. The minimum atomic E-state index is -3.79. The molecule has 1 N–H and O–H groups in total. The molecule has 30 heavy (non-hydrogen) atoms. The number of nitrogens with one attached hydrogen (secondary N) is 1. The lowest BCUT2D eigenvalue weighted by Gasteiger charge is -2.35. The Labute approximate surface area is 175 Å². The summed E-state index contributed by atoms with van der Waals surface area (Å²) >= 11 is 0. The standard InChI is InChI=1S/C21H25N3O5S/c1-15-4-3-5-16(12-15)19(24-8-10-28-11-9-24)14-22-30(26,27)17-6-7-18-20(13-17)29-21(25)23(18)2/h3-7,12-13,19,22H,8-11,14H2,1-2H3. The van der Waals surface area contributed by atoms with Crippen LogP contribution in [0.25, 0.3) is 11.1 Å². The summed E-state index contributed by atoms with van der Waals surface area (Å²) in [6.07, 6.45) is 0. The molecule has 1 aliphatic rings. The second kappa shape index (κ2) is 8.35. The Balaban J connectivity index is 1.59. The van der Waals surface area contributed by atoms with Gasteiger partial charge < -0.3 is 9.15 Å². The quantitative estimate of drug-likeness (QED) is 0.640. The molecule has 160 valence electrons. The minimum Gasteiger partial charge on any atom is -0.408 e. The maximum atomic E-state index is 13.0. The summed E-state index contributed by atoms with van der Waals surface area (Å²) in [5.41, 5.74) is 2.97. The second-order valence-corrected chi connectivity index (χ2v) is 9.25. The molecule has 8 nitrogen and oxygen atoms in total. The van der Waals surface area contributed by atoms with Gasteiger partial charge in [0.05, 0.1) is 23.6 Å². The fourth-order valence-corrected chi connectivity index (χ4v) is 4.83. The molecule has 1 aromatic heterocycles. The number of sulfonamides is 1. The Bertz CT molecular complexity index is 1210. The molecule has 0 radical (unpaired) electrons. The molecule has 0 bridgehead atoms. The van der Waals surface area contributed by atoms with Crippen molar-refractivity contribution < 1.29 is 17.6 Å². The van der Waals surface area contributed by atoms with Crippen LogP contribution in [0.5, 0.6) is 0 Å². The average molecular weight is 432 g/mol. The number of aromatic nitrogens is 1. The van der Waals surface area contributed by atoms with Gasteiger partial charge in [0.25, 0.3) is 0 Å². The maximum Gasteiger partial charge on any atom is 0.419 e. The minimum absolute atomic E-state index is 0.0642. The lowest BCUT2D eigenvalue weighted by atomic mass is 10.0. The number of oxazole rings is 1. The topological polar surface area (TPSA) is 93.8 Å². The van der Waals surface area contributed by atoms with Gasteiger partial charge in [-0.2, -0.15) is 0 Å². The molecule has 1 atom stereocenters. The average Bonchev–Trinajstić information content (AvgIpc) is 3.02. The highest BCUT2D eigenvalue weighted by Crippen LogP contribution is 2.24. The molecule has 4 rings (SSSR count). The number of ether oxygens (including phenoxy) is 1. The Morgan fingerprint density at radius 1 is 1.13 bits per heavy atom. The van der Waals surface area contributed by atoms with Crippen molar-refractivity contribution in [1.82, 2.24) is 14.2 Å². The summed E-state index contributed by atoms with van der Waals surface area (Å²) in [5.74, 6) is -0.528. The van der Waals surface area contributed by atoms with Gasteiger partial charge in [0, 0.05) is 38.8 Å². The van der Waals surface area contributed by atoms with Crippen LogP contribution in [-0.4, -0.2) is 50.7 Å². The molecule has 1 aliphatic heterocycles. The molecule has 2 aromatic carbocycles. The van der Waals surface area contributed by atoms with E-state index in [1.807, 2.05) is 25.1 Å². The number of benzene rings is 2. The van der Waals surface area contributed by atoms with Crippen LogP contribution in [-0.2, 0) is 21.8 Å². The molecule has 1 fully saturated rings. The SMILES string of the molecule is Cc1cccc(C(CNS(=O)(=O)c2ccc3c(c2)oc(=O)n3C)N2CCOCC2)c1. The highest BCUT2D eigenvalue weighted by atomic mass is 32.2. The van der Waals surface area contributed by atoms with E-state index in [0.29, 0.717) is 18.7 Å². The Kier molecular flexibility index (Phi) is 5.79. The first-order valence-corrected chi connectivity index (χ1v) is 11.3. The van der Waals surface area contributed by atoms with E-state index in [9.17, 15) is 13.2 Å². The second-order valence-electron chi connectivity index (χ2n) is 7.49. The third kappa shape index (κ3) is 4.20. The summed E-state index contributed by atoms with van der Waals surface area (Å²) in [6, 6.07) is 12.4. The van der Waals surface area contributed by atoms with Gasteiger partial charge in [-0.05, 0) is 24.6 Å². The zero-order chi connectivity index (χ0) is 21.3. The van der Waals surface area contributed by atoms with Gasteiger partial charge in [0.2, 0.25) is 10.0 Å². The largest absolute Gasteiger partial charge is 0.419 e. The van der Waals surface area contributed by atoms with Crippen LogP contribution in [0.15, 0.2) is 56.6 Å². The van der Waals surface area contributed by atoms with E-state index in [2.05, 4.69) is 15.7 Å². The van der Waals surface area contributed by atoms with Gasteiger partial charge >= 0.3 is 5.76 Å². The zero-order valence-electron chi connectivity index (χ0n) is 17.0. The smallest absolute Gasteiger partial charge is 0.408 e. The van der Waals surface area contributed by atoms with E-state index in [0.717, 1.165) is 24.2 Å². The number of fused-ring (bicyclic) bond motifs is 1. The molecule has 0 saturated carbocycles. The van der Waals surface area contributed by atoms with Crippen LogP contribution in [0.2, 0.25) is 0 Å². The van der Waals surface area contributed by atoms with Gasteiger partial charge in [0.1, 0.15) is 0 Å². The van der Waals surface area contributed by atoms with Crippen molar-refractivity contribution in [3.05, 3.63) is 64.1 Å². The summed E-state index contributed by atoms with van der Waals surface area (Å²) < 4.78 is 40.6. The third-order valence-corrected chi connectivity index (χ3v) is 6.88.